The molecule has 0 aromatic carbocycles. The molecule has 2 N–H and O–H groups in total. The van der Waals surface area contributed by atoms with E-state index >= 15 is 0 Å². The Hall–Kier alpha value is 0.350. The third-order valence-corrected chi connectivity index (χ3v) is 8.26. The van der Waals surface area contributed by atoms with Crippen LogP contribution in [0.2, 0.25) is 0 Å². The largest absolute Gasteiger partial charge is 0.326 e. The van der Waals surface area contributed by atoms with E-state index in [0.717, 1.165) is 23.1 Å². The molecular weight excluding hydrogens is 354 g/mol. The van der Waals surface area contributed by atoms with E-state index < -0.39 is 0 Å². The van der Waals surface area contributed by atoms with Gasteiger partial charge in [0.25, 0.3) is 0 Å². The second-order valence-electron chi connectivity index (χ2n) is 5.18. The molecule has 3 unspecified atom stereocenters. The minimum Gasteiger partial charge on any atom is -0.326 e. The number of hydrogen-bond donors (Lipinski definition) is 1. The van der Waals surface area contributed by atoms with Crippen molar-refractivity contribution in [3.63, 3.8) is 0 Å². The summed E-state index contributed by atoms with van der Waals surface area (Å²) in [6.07, 6.45) is 2.12. The van der Waals surface area contributed by atoms with Crippen LogP contribution in [0.25, 0.3) is 0 Å². The van der Waals surface area contributed by atoms with Crippen LogP contribution >= 0.6 is 39.5 Å². The Morgan fingerprint density at radius 3 is 2.75 bits per heavy atom. The first-order valence-electron chi connectivity index (χ1n) is 7.29. The predicted octanol–water partition coefficient (Wildman–Crippen LogP) is 3.47. The van der Waals surface area contributed by atoms with Crippen LogP contribution in [0.4, 0.5) is 0 Å². The second kappa shape index (κ2) is 7.56. The van der Waals surface area contributed by atoms with Crippen LogP contribution in [0.15, 0.2) is 4.47 Å². The Bertz CT molecular complexity index is 450. The van der Waals surface area contributed by atoms with Crippen molar-refractivity contribution >= 4 is 39.5 Å². The molecule has 2 rings (SSSR count). The van der Waals surface area contributed by atoms with Gasteiger partial charge in [0, 0.05) is 41.0 Å². The molecule has 1 fully saturated rings. The molecular formula is C14H24BrN3S2. The molecule has 1 aromatic heterocycles. The molecule has 1 aliphatic rings. The van der Waals surface area contributed by atoms with Crippen LogP contribution in [-0.2, 0) is 13.0 Å². The van der Waals surface area contributed by atoms with E-state index in [1.165, 1.54) is 23.6 Å². The average molecular weight is 378 g/mol. The van der Waals surface area contributed by atoms with Crippen molar-refractivity contribution in [2.24, 2.45) is 5.73 Å². The lowest BCUT2D eigenvalue weighted by atomic mass is 10.0. The van der Waals surface area contributed by atoms with Crippen molar-refractivity contribution in [3.8, 4) is 0 Å². The fourth-order valence-corrected chi connectivity index (χ4v) is 6.38. The van der Waals surface area contributed by atoms with Crippen LogP contribution in [0.5, 0.6) is 0 Å². The molecule has 3 atom stereocenters. The SMILES string of the molecule is CCC1SCCSC1C(N)Cc1c(Br)c(C)nn1CC. The smallest absolute Gasteiger partial charge is 0.0738 e. The van der Waals surface area contributed by atoms with Gasteiger partial charge in [-0.1, -0.05) is 6.92 Å². The third kappa shape index (κ3) is 3.57. The summed E-state index contributed by atoms with van der Waals surface area (Å²) >= 11 is 7.83. The predicted molar refractivity (Wildman–Crippen MR) is 94.8 cm³/mol. The van der Waals surface area contributed by atoms with Crippen molar-refractivity contribution < 1.29 is 0 Å². The number of aromatic nitrogens is 2. The molecule has 3 nitrogen and oxygen atoms in total. The first-order valence-corrected chi connectivity index (χ1v) is 10.2. The summed E-state index contributed by atoms with van der Waals surface area (Å²) < 4.78 is 3.22. The summed E-state index contributed by atoms with van der Waals surface area (Å²) in [6, 6.07) is 0.204. The van der Waals surface area contributed by atoms with Crippen molar-refractivity contribution in [2.75, 3.05) is 11.5 Å². The van der Waals surface area contributed by atoms with Gasteiger partial charge in [-0.2, -0.15) is 28.6 Å². The van der Waals surface area contributed by atoms with E-state index in [-0.39, 0.29) is 6.04 Å². The fraction of sp³-hybridized carbons (Fsp3) is 0.786. The molecule has 6 heteroatoms. The Labute approximate surface area is 139 Å². The summed E-state index contributed by atoms with van der Waals surface area (Å²) in [5.74, 6) is 2.49. The Balaban J connectivity index is 2.12. The van der Waals surface area contributed by atoms with E-state index in [2.05, 4.69) is 63.1 Å². The first-order chi connectivity index (χ1) is 9.58. The molecule has 2 heterocycles. The quantitative estimate of drug-likeness (QED) is 0.852. The summed E-state index contributed by atoms with van der Waals surface area (Å²) in [6.45, 7) is 7.36. The van der Waals surface area contributed by atoms with Gasteiger partial charge >= 0.3 is 0 Å². The van der Waals surface area contributed by atoms with Gasteiger partial charge in [-0.15, -0.1) is 0 Å². The third-order valence-electron chi connectivity index (χ3n) is 3.80. The standard InChI is InChI=1S/C14H24BrN3S2/c1-4-12-14(20-7-6-19-12)10(16)8-11-13(15)9(3)17-18(11)5-2/h10,12,14H,4-8,16H2,1-3H3. The fourth-order valence-electron chi connectivity index (χ4n) is 2.74. The lowest BCUT2D eigenvalue weighted by Gasteiger charge is -2.34. The molecule has 0 amide bonds. The minimum absolute atomic E-state index is 0.204. The topological polar surface area (TPSA) is 43.8 Å². The van der Waals surface area contributed by atoms with Gasteiger partial charge in [0.1, 0.15) is 0 Å². The van der Waals surface area contributed by atoms with Crippen LogP contribution in [0, 0.1) is 6.92 Å². The van der Waals surface area contributed by atoms with Crippen molar-refractivity contribution in [1.82, 2.24) is 9.78 Å². The number of nitrogens with two attached hydrogens (primary N) is 1. The molecule has 1 aromatic rings. The molecule has 0 saturated carbocycles. The van der Waals surface area contributed by atoms with Gasteiger partial charge in [0.15, 0.2) is 0 Å². The summed E-state index contributed by atoms with van der Waals surface area (Å²) in [4.78, 5) is 0. The molecule has 20 heavy (non-hydrogen) atoms. The number of hydrogen-bond acceptors (Lipinski definition) is 4. The monoisotopic (exact) mass is 377 g/mol. The lowest BCUT2D eigenvalue weighted by molar-refractivity contribution is 0.549. The highest BCUT2D eigenvalue weighted by atomic mass is 79.9. The van der Waals surface area contributed by atoms with E-state index in [4.69, 9.17) is 5.73 Å². The van der Waals surface area contributed by atoms with Crippen molar-refractivity contribution in [2.45, 2.75) is 56.7 Å². The summed E-state index contributed by atoms with van der Waals surface area (Å²) in [5, 5.41) is 5.83. The lowest BCUT2D eigenvalue weighted by Crippen LogP contribution is -2.43. The Kier molecular flexibility index (Phi) is 6.32. The first kappa shape index (κ1) is 16.7. The minimum atomic E-state index is 0.204. The maximum atomic E-state index is 6.55. The maximum Gasteiger partial charge on any atom is 0.0738 e. The molecule has 0 bridgehead atoms. The van der Waals surface area contributed by atoms with Gasteiger partial charge in [-0.3, -0.25) is 4.68 Å². The molecule has 114 valence electrons. The molecule has 1 saturated heterocycles. The normalized spacial score (nSPS) is 24.9. The molecule has 0 radical (unpaired) electrons. The van der Waals surface area contributed by atoms with Gasteiger partial charge in [-0.25, -0.2) is 0 Å². The zero-order valence-electron chi connectivity index (χ0n) is 12.4. The number of halogens is 1. The van der Waals surface area contributed by atoms with E-state index in [1.54, 1.807) is 0 Å². The van der Waals surface area contributed by atoms with E-state index in [1.807, 2.05) is 6.92 Å². The van der Waals surface area contributed by atoms with Crippen LogP contribution in [-0.4, -0.2) is 37.8 Å². The number of aryl methyl sites for hydroxylation is 2. The molecule has 1 aliphatic heterocycles. The highest BCUT2D eigenvalue weighted by Crippen LogP contribution is 2.36. The van der Waals surface area contributed by atoms with Gasteiger partial charge in [0.2, 0.25) is 0 Å². The van der Waals surface area contributed by atoms with Crippen LogP contribution < -0.4 is 5.73 Å². The Morgan fingerprint density at radius 1 is 1.40 bits per heavy atom. The van der Waals surface area contributed by atoms with Crippen LogP contribution in [0.1, 0.15) is 31.7 Å². The van der Waals surface area contributed by atoms with Gasteiger partial charge in [0.05, 0.1) is 15.9 Å². The molecule has 0 spiro atoms. The van der Waals surface area contributed by atoms with E-state index in [9.17, 15) is 0 Å². The number of rotatable bonds is 5. The highest BCUT2D eigenvalue weighted by molar-refractivity contribution is 9.10. The molecule has 0 aliphatic carbocycles. The highest BCUT2D eigenvalue weighted by Gasteiger charge is 2.31. The average Bonchev–Trinajstić information content (AvgIpc) is 2.74. The van der Waals surface area contributed by atoms with Crippen molar-refractivity contribution in [3.05, 3.63) is 15.9 Å². The maximum absolute atomic E-state index is 6.55. The summed E-state index contributed by atoms with van der Waals surface area (Å²) in [5.41, 5.74) is 8.87. The zero-order chi connectivity index (χ0) is 14.7. The number of thioether (sulfide) groups is 2. The van der Waals surface area contributed by atoms with Crippen molar-refractivity contribution in [1.29, 1.82) is 0 Å². The zero-order valence-corrected chi connectivity index (χ0v) is 15.7. The number of nitrogens with zero attached hydrogens (tertiary/aromatic N) is 2. The summed E-state index contributed by atoms with van der Waals surface area (Å²) in [7, 11) is 0. The van der Waals surface area contributed by atoms with E-state index in [0.29, 0.717) is 10.5 Å². The van der Waals surface area contributed by atoms with Crippen LogP contribution in [0.3, 0.4) is 0 Å². The second-order valence-corrected chi connectivity index (χ2v) is 8.61. The van der Waals surface area contributed by atoms with Gasteiger partial charge in [-0.05, 0) is 36.2 Å². The Morgan fingerprint density at radius 2 is 2.10 bits per heavy atom. The van der Waals surface area contributed by atoms with Gasteiger partial charge < -0.3 is 5.73 Å².